The van der Waals surface area contributed by atoms with Crippen LogP contribution in [0.25, 0.3) is 0 Å². The molecule has 2 aromatic rings. The van der Waals surface area contributed by atoms with Crippen LogP contribution in [0.4, 0.5) is 0 Å². The average molecular weight is 538 g/mol. The van der Waals surface area contributed by atoms with Crippen molar-refractivity contribution in [3.63, 3.8) is 0 Å². The summed E-state index contributed by atoms with van der Waals surface area (Å²) in [4.78, 5) is 11.6. The van der Waals surface area contributed by atoms with Gasteiger partial charge < -0.3 is 14.2 Å². The normalized spacial score (nSPS) is 10.3. The Morgan fingerprint density at radius 2 is 1.61 bits per heavy atom. The second-order valence-electron chi connectivity index (χ2n) is 4.65. The molecule has 0 aromatic heterocycles. The second-order valence-corrected chi connectivity index (χ2v) is 6.97. The van der Waals surface area contributed by atoms with Crippen LogP contribution in [0.1, 0.15) is 12.5 Å². The van der Waals surface area contributed by atoms with Crippen LogP contribution >= 0.6 is 45.2 Å². The van der Waals surface area contributed by atoms with Crippen molar-refractivity contribution < 1.29 is 19.0 Å². The molecule has 0 N–H and O–H groups in total. The first-order chi connectivity index (χ1) is 11.0. The lowest BCUT2D eigenvalue weighted by molar-refractivity contribution is -0.142. The molecule has 0 fully saturated rings. The van der Waals surface area contributed by atoms with Crippen LogP contribution in [0.2, 0.25) is 0 Å². The van der Waals surface area contributed by atoms with E-state index in [1.165, 1.54) is 0 Å². The molecule has 4 nitrogen and oxygen atoms in total. The van der Waals surface area contributed by atoms with Crippen molar-refractivity contribution in [1.82, 2.24) is 0 Å². The van der Waals surface area contributed by atoms with Crippen LogP contribution in [0.5, 0.6) is 17.2 Å². The lowest BCUT2D eigenvalue weighted by atomic mass is 10.1. The molecule has 122 valence electrons. The molecule has 2 aromatic carbocycles. The van der Waals surface area contributed by atoms with Crippen molar-refractivity contribution in [2.75, 3.05) is 13.7 Å². The average Bonchev–Trinajstić information content (AvgIpc) is 2.52. The van der Waals surface area contributed by atoms with E-state index in [9.17, 15) is 4.79 Å². The number of rotatable bonds is 6. The summed E-state index contributed by atoms with van der Waals surface area (Å²) in [5.74, 6) is 2.08. The summed E-state index contributed by atoms with van der Waals surface area (Å²) < 4.78 is 18.0. The topological polar surface area (TPSA) is 44.8 Å². The van der Waals surface area contributed by atoms with Crippen LogP contribution in [-0.4, -0.2) is 19.7 Å². The third-order valence-corrected chi connectivity index (χ3v) is 4.59. The van der Waals surface area contributed by atoms with E-state index in [4.69, 9.17) is 14.2 Å². The van der Waals surface area contributed by atoms with E-state index in [1.807, 2.05) is 36.4 Å². The highest BCUT2D eigenvalue weighted by Crippen LogP contribution is 2.33. The van der Waals surface area contributed by atoms with Crippen LogP contribution in [0.3, 0.4) is 0 Å². The molecule has 0 radical (unpaired) electrons. The molecule has 0 heterocycles. The van der Waals surface area contributed by atoms with Crippen molar-refractivity contribution in [1.29, 1.82) is 0 Å². The highest BCUT2D eigenvalue weighted by Gasteiger charge is 2.13. The Morgan fingerprint density at radius 1 is 1.04 bits per heavy atom. The van der Waals surface area contributed by atoms with E-state index < -0.39 is 0 Å². The largest absolute Gasteiger partial charge is 0.497 e. The number of ether oxygens (including phenoxy) is 3. The molecule has 0 amide bonds. The Morgan fingerprint density at radius 3 is 2.13 bits per heavy atom. The van der Waals surface area contributed by atoms with Gasteiger partial charge in [-0.2, -0.15) is 0 Å². The Balaban J connectivity index is 2.17. The molecule has 0 saturated heterocycles. The molecular formula is C17H16I2O4. The van der Waals surface area contributed by atoms with E-state index in [2.05, 4.69) is 45.2 Å². The Bertz CT molecular complexity index is 660. The van der Waals surface area contributed by atoms with Gasteiger partial charge >= 0.3 is 5.97 Å². The van der Waals surface area contributed by atoms with Crippen molar-refractivity contribution in [3.8, 4) is 17.2 Å². The molecule has 0 bridgehead atoms. The number of benzene rings is 2. The summed E-state index contributed by atoms with van der Waals surface area (Å²) in [6.07, 6.45) is 0.267. The van der Waals surface area contributed by atoms with E-state index >= 15 is 0 Å². The molecule has 0 unspecified atom stereocenters. The van der Waals surface area contributed by atoms with Gasteiger partial charge in [0.1, 0.15) is 11.5 Å². The number of halogens is 2. The lowest BCUT2D eigenvalue weighted by Crippen LogP contribution is -2.08. The van der Waals surface area contributed by atoms with Crippen LogP contribution < -0.4 is 9.47 Å². The van der Waals surface area contributed by atoms with Crippen molar-refractivity contribution in [2.45, 2.75) is 13.3 Å². The van der Waals surface area contributed by atoms with Crippen LogP contribution in [-0.2, 0) is 16.0 Å². The predicted octanol–water partition coefficient (Wildman–Crippen LogP) is 4.80. The zero-order chi connectivity index (χ0) is 16.8. The van der Waals surface area contributed by atoms with Gasteiger partial charge in [-0.05, 0) is 94.1 Å². The fourth-order valence-corrected chi connectivity index (χ4v) is 4.07. The molecule has 23 heavy (non-hydrogen) atoms. The number of carbonyl (C=O) groups excluding carboxylic acids is 1. The molecule has 0 spiro atoms. The molecule has 0 aliphatic carbocycles. The summed E-state index contributed by atoms with van der Waals surface area (Å²) >= 11 is 4.43. The maximum absolute atomic E-state index is 11.6. The van der Waals surface area contributed by atoms with Crippen molar-refractivity contribution in [2.24, 2.45) is 0 Å². The Hall–Kier alpha value is -1.03. The molecule has 2 rings (SSSR count). The number of esters is 1. The maximum Gasteiger partial charge on any atom is 0.310 e. The fraction of sp³-hybridized carbons (Fsp3) is 0.235. The van der Waals surface area contributed by atoms with Gasteiger partial charge in [-0.3, -0.25) is 4.79 Å². The first kappa shape index (κ1) is 18.3. The maximum atomic E-state index is 11.6. The van der Waals surface area contributed by atoms with Gasteiger partial charge in [0, 0.05) is 0 Å². The lowest BCUT2D eigenvalue weighted by Gasteiger charge is -2.12. The van der Waals surface area contributed by atoms with Gasteiger partial charge in [-0.15, -0.1) is 0 Å². The zero-order valence-electron chi connectivity index (χ0n) is 12.8. The fourth-order valence-electron chi connectivity index (χ4n) is 1.95. The first-order valence-electron chi connectivity index (χ1n) is 6.99. The van der Waals surface area contributed by atoms with Gasteiger partial charge in [0.15, 0.2) is 5.75 Å². The van der Waals surface area contributed by atoms with Crippen molar-refractivity contribution >= 4 is 51.2 Å². The molecule has 0 atom stereocenters. The highest BCUT2D eigenvalue weighted by molar-refractivity contribution is 14.1. The quantitative estimate of drug-likeness (QED) is 0.392. The molecule has 0 aliphatic rings. The summed E-state index contributed by atoms with van der Waals surface area (Å²) in [7, 11) is 1.63. The Labute approximate surface area is 162 Å². The molecular weight excluding hydrogens is 522 g/mol. The monoisotopic (exact) mass is 538 g/mol. The van der Waals surface area contributed by atoms with Crippen LogP contribution in [0, 0.1) is 7.14 Å². The van der Waals surface area contributed by atoms with Crippen LogP contribution in [0.15, 0.2) is 36.4 Å². The Kier molecular flexibility index (Phi) is 6.94. The predicted molar refractivity (Wildman–Crippen MR) is 105 cm³/mol. The number of carbonyl (C=O) groups is 1. The standard InChI is InChI=1S/C17H16I2O4/c1-3-22-16(20)10-11-8-14(18)17(15(19)9-11)23-13-6-4-12(21-2)5-7-13/h4-9H,3,10H2,1-2H3. The summed E-state index contributed by atoms with van der Waals surface area (Å²) in [5.41, 5.74) is 0.916. The minimum atomic E-state index is -0.220. The minimum Gasteiger partial charge on any atom is -0.497 e. The van der Waals surface area contributed by atoms with E-state index in [0.717, 1.165) is 30.0 Å². The molecule has 0 aliphatic heterocycles. The number of hydrogen-bond donors (Lipinski definition) is 0. The summed E-state index contributed by atoms with van der Waals surface area (Å²) in [6, 6.07) is 11.3. The number of hydrogen-bond acceptors (Lipinski definition) is 4. The highest BCUT2D eigenvalue weighted by atomic mass is 127. The third kappa shape index (κ3) is 5.23. The summed E-state index contributed by atoms with van der Waals surface area (Å²) in [5, 5.41) is 0. The zero-order valence-corrected chi connectivity index (χ0v) is 17.1. The van der Waals surface area contributed by atoms with Gasteiger partial charge in [0.2, 0.25) is 0 Å². The van der Waals surface area contributed by atoms with E-state index in [0.29, 0.717) is 6.61 Å². The molecule has 0 saturated carbocycles. The van der Waals surface area contributed by atoms with Gasteiger partial charge in [-0.1, -0.05) is 0 Å². The van der Waals surface area contributed by atoms with Gasteiger partial charge in [0.25, 0.3) is 0 Å². The minimum absolute atomic E-state index is 0.220. The second kappa shape index (κ2) is 8.72. The van der Waals surface area contributed by atoms with Gasteiger partial charge in [0.05, 0.1) is 27.3 Å². The van der Waals surface area contributed by atoms with Gasteiger partial charge in [-0.25, -0.2) is 0 Å². The SMILES string of the molecule is CCOC(=O)Cc1cc(I)c(Oc2ccc(OC)cc2)c(I)c1. The van der Waals surface area contributed by atoms with Crippen molar-refractivity contribution in [3.05, 3.63) is 49.1 Å². The molecule has 6 heteroatoms. The van der Waals surface area contributed by atoms with E-state index in [1.54, 1.807) is 14.0 Å². The number of methoxy groups -OCH3 is 1. The van der Waals surface area contributed by atoms with E-state index in [-0.39, 0.29) is 12.4 Å². The third-order valence-electron chi connectivity index (χ3n) is 2.99. The summed E-state index contributed by atoms with van der Waals surface area (Å²) in [6.45, 7) is 2.20. The first-order valence-corrected chi connectivity index (χ1v) is 9.14. The smallest absolute Gasteiger partial charge is 0.310 e.